The van der Waals surface area contributed by atoms with Gasteiger partial charge in [0.2, 0.25) is 0 Å². The molecule has 0 aliphatic heterocycles. The molecule has 2 rings (SSSR count). The Bertz CT molecular complexity index is 595. The van der Waals surface area contributed by atoms with Crippen molar-refractivity contribution < 1.29 is 0 Å². The van der Waals surface area contributed by atoms with Gasteiger partial charge < -0.3 is 16.0 Å². The van der Waals surface area contributed by atoms with Crippen molar-refractivity contribution in [2.75, 3.05) is 27.2 Å². The maximum atomic E-state index is 5.96. The van der Waals surface area contributed by atoms with E-state index in [9.17, 15) is 0 Å². The Balaban J connectivity index is 1.84. The minimum atomic E-state index is 0.215. The van der Waals surface area contributed by atoms with Crippen LogP contribution in [0.3, 0.4) is 0 Å². The number of nitrogens with one attached hydrogen (secondary N) is 1. The van der Waals surface area contributed by atoms with Crippen LogP contribution in [-0.4, -0.2) is 43.0 Å². The molecule has 0 spiro atoms. The van der Waals surface area contributed by atoms with Crippen molar-refractivity contribution in [2.45, 2.75) is 12.5 Å². The molecular weight excluding hydrogens is 286 g/mol. The summed E-state index contributed by atoms with van der Waals surface area (Å²) in [6.07, 6.45) is 2.63. The second-order valence-corrected chi connectivity index (χ2v) is 5.61. The molecule has 23 heavy (non-hydrogen) atoms. The Morgan fingerprint density at radius 3 is 2.57 bits per heavy atom. The van der Waals surface area contributed by atoms with Gasteiger partial charge in [-0.3, -0.25) is 9.98 Å². The zero-order valence-electron chi connectivity index (χ0n) is 13.8. The van der Waals surface area contributed by atoms with Crippen molar-refractivity contribution >= 4 is 5.96 Å². The number of aromatic nitrogens is 1. The molecule has 1 aromatic carbocycles. The molecule has 1 aromatic heterocycles. The number of pyridine rings is 1. The summed E-state index contributed by atoms with van der Waals surface area (Å²) >= 11 is 0. The molecule has 0 fully saturated rings. The molecule has 3 N–H and O–H groups in total. The predicted molar refractivity (Wildman–Crippen MR) is 95.3 cm³/mol. The summed E-state index contributed by atoms with van der Waals surface area (Å²) < 4.78 is 0. The first-order valence-electron chi connectivity index (χ1n) is 7.82. The molecule has 0 bridgehead atoms. The van der Waals surface area contributed by atoms with Gasteiger partial charge in [0.15, 0.2) is 5.96 Å². The van der Waals surface area contributed by atoms with Crippen LogP contribution in [0, 0.1) is 0 Å². The van der Waals surface area contributed by atoms with Gasteiger partial charge in [-0.1, -0.05) is 36.4 Å². The standard InChI is InChI=1S/C18H25N5/c1-23(2)17(15-8-4-3-5-9-15)14-22-18(19)21-13-11-16-10-6-7-12-20-16/h3-10,12,17H,11,13-14H2,1-2H3,(H3,19,21,22). The van der Waals surface area contributed by atoms with E-state index in [1.54, 1.807) is 6.20 Å². The first kappa shape index (κ1) is 17.0. The number of nitrogens with zero attached hydrogens (tertiary/aromatic N) is 3. The number of aliphatic imine (C=N–C) groups is 1. The Labute approximate surface area is 138 Å². The maximum absolute atomic E-state index is 5.96. The largest absolute Gasteiger partial charge is 0.370 e. The Morgan fingerprint density at radius 2 is 1.91 bits per heavy atom. The molecule has 0 aliphatic carbocycles. The van der Waals surface area contributed by atoms with E-state index in [4.69, 9.17) is 5.73 Å². The zero-order valence-corrected chi connectivity index (χ0v) is 13.8. The fourth-order valence-electron chi connectivity index (χ4n) is 2.35. The van der Waals surface area contributed by atoms with Crippen LogP contribution in [0.4, 0.5) is 0 Å². The number of hydrogen-bond donors (Lipinski definition) is 2. The van der Waals surface area contributed by atoms with Crippen molar-refractivity contribution in [3.8, 4) is 0 Å². The van der Waals surface area contributed by atoms with Crippen molar-refractivity contribution in [3.05, 3.63) is 66.0 Å². The van der Waals surface area contributed by atoms with Gasteiger partial charge in [-0.15, -0.1) is 0 Å². The average Bonchev–Trinajstić information content (AvgIpc) is 2.57. The quantitative estimate of drug-likeness (QED) is 0.605. The van der Waals surface area contributed by atoms with Gasteiger partial charge in [-0.2, -0.15) is 0 Å². The molecule has 1 heterocycles. The van der Waals surface area contributed by atoms with Crippen molar-refractivity contribution in [1.29, 1.82) is 0 Å². The molecule has 1 atom stereocenters. The highest BCUT2D eigenvalue weighted by Crippen LogP contribution is 2.17. The summed E-state index contributed by atoms with van der Waals surface area (Å²) in [4.78, 5) is 10.9. The Morgan fingerprint density at radius 1 is 1.17 bits per heavy atom. The van der Waals surface area contributed by atoms with E-state index in [0.717, 1.165) is 18.7 Å². The molecule has 0 saturated heterocycles. The van der Waals surface area contributed by atoms with Gasteiger partial charge in [0.05, 0.1) is 12.6 Å². The Hall–Kier alpha value is -2.40. The molecule has 5 nitrogen and oxygen atoms in total. The summed E-state index contributed by atoms with van der Waals surface area (Å²) in [5, 5.41) is 3.15. The van der Waals surface area contributed by atoms with E-state index in [1.807, 2.05) is 36.4 Å². The third kappa shape index (κ3) is 5.71. The predicted octanol–water partition coefficient (Wildman–Crippen LogP) is 1.83. The molecular formula is C18H25N5. The van der Waals surface area contributed by atoms with E-state index in [-0.39, 0.29) is 6.04 Å². The maximum Gasteiger partial charge on any atom is 0.188 e. The number of rotatable bonds is 7. The highest BCUT2D eigenvalue weighted by atomic mass is 15.1. The van der Waals surface area contributed by atoms with E-state index in [0.29, 0.717) is 12.5 Å². The number of guanidine groups is 1. The lowest BCUT2D eigenvalue weighted by atomic mass is 10.1. The van der Waals surface area contributed by atoms with Gasteiger partial charge in [0.1, 0.15) is 0 Å². The second-order valence-electron chi connectivity index (χ2n) is 5.61. The number of hydrogen-bond acceptors (Lipinski definition) is 3. The molecule has 2 aromatic rings. The van der Waals surface area contributed by atoms with Crippen LogP contribution in [0.25, 0.3) is 0 Å². The van der Waals surface area contributed by atoms with Crippen LogP contribution in [0.1, 0.15) is 17.3 Å². The summed E-state index contributed by atoms with van der Waals surface area (Å²) in [5.74, 6) is 0.476. The summed E-state index contributed by atoms with van der Waals surface area (Å²) in [5.41, 5.74) is 8.25. The van der Waals surface area contributed by atoms with Gasteiger partial charge in [-0.25, -0.2) is 0 Å². The highest BCUT2D eigenvalue weighted by Gasteiger charge is 2.13. The number of likely N-dealkylation sites (N-methyl/N-ethyl adjacent to an activating group) is 1. The van der Waals surface area contributed by atoms with Gasteiger partial charge in [0, 0.05) is 24.9 Å². The molecule has 122 valence electrons. The third-order valence-electron chi connectivity index (χ3n) is 3.66. The molecule has 5 heteroatoms. The third-order valence-corrected chi connectivity index (χ3v) is 3.66. The van der Waals surface area contributed by atoms with Crippen LogP contribution < -0.4 is 11.1 Å². The monoisotopic (exact) mass is 311 g/mol. The normalized spacial score (nSPS) is 13.1. The van der Waals surface area contributed by atoms with Gasteiger partial charge in [0.25, 0.3) is 0 Å². The van der Waals surface area contributed by atoms with E-state index in [1.165, 1.54) is 5.56 Å². The van der Waals surface area contributed by atoms with Crippen molar-refractivity contribution in [3.63, 3.8) is 0 Å². The molecule has 0 aliphatic rings. The lowest BCUT2D eigenvalue weighted by molar-refractivity contribution is 0.306. The smallest absolute Gasteiger partial charge is 0.188 e. The zero-order chi connectivity index (χ0) is 16.5. The summed E-state index contributed by atoms with van der Waals surface area (Å²) in [6.45, 7) is 1.35. The summed E-state index contributed by atoms with van der Waals surface area (Å²) in [7, 11) is 4.11. The van der Waals surface area contributed by atoms with Crippen LogP contribution in [0.2, 0.25) is 0 Å². The second kappa shape index (κ2) is 8.90. The fourth-order valence-corrected chi connectivity index (χ4v) is 2.35. The minimum absolute atomic E-state index is 0.215. The van der Waals surface area contributed by atoms with Crippen molar-refractivity contribution in [2.24, 2.45) is 10.7 Å². The molecule has 1 unspecified atom stereocenters. The molecule has 0 amide bonds. The SMILES string of the molecule is CN(C)C(CN=C(N)NCCc1ccccn1)c1ccccc1. The number of nitrogens with two attached hydrogens (primary N) is 1. The minimum Gasteiger partial charge on any atom is -0.370 e. The van der Waals surface area contributed by atoms with Gasteiger partial charge >= 0.3 is 0 Å². The first-order chi connectivity index (χ1) is 11.2. The highest BCUT2D eigenvalue weighted by molar-refractivity contribution is 5.77. The van der Waals surface area contributed by atoms with E-state index in [2.05, 4.69) is 46.4 Å². The van der Waals surface area contributed by atoms with Crippen LogP contribution >= 0.6 is 0 Å². The van der Waals surface area contributed by atoms with Crippen molar-refractivity contribution in [1.82, 2.24) is 15.2 Å². The average molecular weight is 311 g/mol. The molecule has 0 radical (unpaired) electrons. The topological polar surface area (TPSA) is 66.5 Å². The number of benzene rings is 1. The van der Waals surface area contributed by atoms with E-state index < -0.39 is 0 Å². The summed E-state index contributed by atoms with van der Waals surface area (Å²) in [6, 6.07) is 16.5. The van der Waals surface area contributed by atoms with Crippen LogP contribution in [0.15, 0.2) is 59.7 Å². The van der Waals surface area contributed by atoms with Crippen LogP contribution in [-0.2, 0) is 6.42 Å². The lowest BCUT2D eigenvalue weighted by Crippen LogP contribution is -2.34. The van der Waals surface area contributed by atoms with Crippen LogP contribution in [0.5, 0.6) is 0 Å². The Kier molecular flexibility index (Phi) is 6.56. The van der Waals surface area contributed by atoms with Gasteiger partial charge in [-0.05, 0) is 31.8 Å². The van der Waals surface area contributed by atoms with E-state index >= 15 is 0 Å². The lowest BCUT2D eigenvalue weighted by Gasteiger charge is -2.23. The fraction of sp³-hybridized carbons (Fsp3) is 0.333. The molecule has 0 saturated carbocycles. The first-order valence-corrected chi connectivity index (χ1v) is 7.82.